The molecule has 5 nitrogen and oxygen atoms in total. The third kappa shape index (κ3) is 3.82. The van der Waals surface area contributed by atoms with Crippen molar-refractivity contribution >= 4 is 23.2 Å². The van der Waals surface area contributed by atoms with Gasteiger partial charge in [0.15, 0.2) is 5.82 Å². The van der Waals surface area contributed by atoms with Crippen LogP contribution in [0.1, 0.15) is 21.7 Å². The van der Waals surface area contributed by atoms with Crippen LogP contribution in [-0.4, -0.2) is 20.7 Å². The second kappa shape index (κ2) is 8.08. The van der Waals surface area contributed by atoms with Gasteiger partial charge in [-0.25, -0.2) is 14.1 Å². The standard InChI is InChI=1S/C23H18ClFN4O/c1-14-6-3-4-9-20(14)29-22(16-10-12-17(25)13-11-16)27-21(28-29)23(30)26-19-8-5-7-18(24)15(19)2/h3-13H,1-2H3,(H,26,30). The minimum atomic E-state index is -0.462. The molecular weight excluding hydrogens is 403 g/mol. The fourth-order valence-electron chi connectivity index (χ4n) is 3.08. The van der Waals surface area contributed by atoms with Gasteiger partial charge in [0, 0.05) is 16.3 Å². The molecule has 0 atom stereocenters. The van der Waals surface area contributed by atoms with Crippen molar-refractivity contribution in [1.29, 1.82) is 0 Å². The van der Waals surface area contributed by atoms with Gasteiger partial charge in [-0.05, 0) is 67.4 Å². The summed E-state index contributed by atoms with van der Waals surface area (Å²) in [4.78, 5) is 17.4. The number of nitrogens with one attached hydrogen (secondary N) is 1. The Kier molecular flexibility index (Phi) is 5.33. The molecule has 3 aromatic carbocycles. The van der Waals surface area contributed by atoms with Crippen LogP contribution in [-0.2, 0) is 0 Å². The van der Waals surface area contributed by atoms with Crippen molar-refractivity contribution in [3.05, 3.63) is 94.5 Å². The number of carbonyl (C=O) groups is 1. The number of rotatable bonds is 4. The highest BCUT2D eigenvalue weighted by Crippen LogP contribution is 2.25. The predicted octanol–water partition coefficient (Wildman–Crippen LogP) is 5.60. The molecule has 4 rings (SSSR count). The van der Waals surface area contributed by atoms with Crippen molar-refractivity contribution in [2.45, 2.75) is 13.8 Å². The van der Waals surface area contributed by atoms with E-state index in [1.54, 1.807) is 35.0 Å². The smallest absolute Gasteiger partial charge is 0.295 e. The average Bonchev–Trinajstić information content (AvgIpc) is 3.17. The summed E-state index contributed by atoms with van der Waals surface area (Å²) in [5, 5.41) is 7.82. The molecule has 0 aliphatic carbocycles. The molecule has 0 aliphatic rings. The number of carbonyl (C=O) groups excluding carboxylic acids is 1. The molecule has 1 N–H and O–H groups in total. The van der Waals surface area contributed by atoms with Crippen LogP contribution < -0.4 is 5.32 Å². The van der Waals surface area contributed by atoms with Crippen LogP contribution in [0.3, 0.4) is 0 Å². The first-order valence-electron chi connectivity index (χ1n) is 9.29. The summed E-state index contributed by atoms with van der Waals surface area (Å²) in [6.07, 6.45) is 0. The molecule has 4 aromatic rings. The third-order valence-electron chi connectivity index (χ3n) is 4.77. The number of halogens is 2. The predicted molar refractivity (Wildman–Crippen MR) is 116 cm³/mol. The summed E-state index contributed by atoms with van der Waals surface area (Å²) >= 11 is 6.15. The Morgan fingerprint density at radius 3 is 2.47 bits per heavy atom. The second-order valence-electron chi connectivity index (χ2n) is 6.83. The summed E-state index contributed by atoms with van der Waals surface area (Å²) < 4.78 is 15.0. The molecule has 30 heavy (non-hydrogen) atoms. The molecule has 0 saturated carbocycles. The molecule has 1 heterocycles. The Bertz CT molecular complexity index is 1230. The zero-order chi connectivity index (χ0) is 21.3. The quantitative estimate of drug-likeness (QED) is 0.467. The number of hydrogen-bond donors (Lipinski definition) is 1. The summed E-state index contributed by atoms with van der Waals surface area (Å²) in [7, 11) is 0. The van der Waals surface area contributed by atoms with E-state index >= 15 is 0 Å². The van der Waals surface area contributed by atoms with Crippen LogP contribution >= 0.6 is 11.6 Å². The molecule has 0 fully saturated rings. The van der Waals surface area contributed by atoms with Gasteiger partial charge in [0.25, 0.3) is 5.91 Å². The van der Waals surface area contributed by atoms with Crippen molar-refractivity contribution in [2.24, 2.45) is 0 Å². The second-order valence-corrected chi connectivity index (χ2v) is 7.24. The average molecular weight is 421 g/mol. The molecular formula is C23H18ClFN4O. The molecule has 0 aliphatic heterocycles. The lowest BCUT2D eigenvalue weighted by Gasteiger charge is -2.08. The van der Waals surface area contributed by atoms with Gasteiger partial charge in [-0.3, -0.25) is 4.79 Å². The highest BCUT2D eigenvalue weighted by molar-refractivity contribution is 6.31. The van der Waals surface area contributed by atoms with Crippen molar-refractivity contribution in [3.63, 3.8) is 0 Å². The first kappa shape index (κ1) is 19.8. The highest BCUT2D eigenvalue weighted by Gasteiger charge is 2.20. The molecule has 150 valence electrons. The van der Waals surface area contributed by atoms with Crippen molar-refractivity contribution in [2.75, 3.05) is 5.32 Å². The summed E-state index contributed by atoms with van der Waals surface area (Å²) in [6, 6.07) is 18.8. The lowest BCUT2D eigenvalue weighted by molar-refractivity contribution is 0.101. The molecule has 1 amide bonds. The number of amides is 1. The maximum Gasteiger partial charge on any atom is 0.295 e. The maximum atomic E-state index is 13.4. The van der Waals surface area contributed by atoms with Crippen LogP contribution in [0.25, 0.3) is 17.1 Å². The third-order valence-corrected chi connectivity index (χ3v) is 5.18. The van der Waals surface area contributed by atoms with E-state index in [-0.39, 0.29) is 11.6 Å². The van der Waals surface area contributed by atoms with Crippen LogP contribution in [0.15, 0.2) is 66.7 Å². The van der Waals surface area contributed by atoms with E-state index in [0.717, 1.165) is 16.8 Å². The molecule has 1 aromatic heterocycles. The fraction of sp³-hybridized carbons (Fsp3) is 0.0870. The summed E-state index contributed by atoms with van der Waals surface area (Å²) in [5.74, 6) is -0.375. The van der Waals surface area contributed by atoms with Gasteiger partial charge in [0.2, 0.25) is 5.82 Å². The van der Waals surface area contributed by atoms with Gasteiger partial charge < -0.3 is 5.32 Å². The first-order chi connectivity index (χ1) is 14.4. The number of benzene rings is 3. The lowest BCUT2D eigenvalue weighted by atomic mass is 10.1. The van der Waals surface area contributed by atoms with Gasteiger partial charge in [-0.15, -0.1) is 5.10 Å². The topological polar surface area (TPSA) is 59.8 Å². The van der Waals surface area contributed by atoms with Crippen LogP contribution in [0.4, 0.5) is 10.1 Å². The van der Waals surface area contributed by atoms with Crippen LogP contribution in [0.2, 0.25) is 5.02 Å². The minimum Gasteiger partial charge on any atom is -0.319 e. The number of para-hydroxylation sites is 1. The van der Waals surface area contributed by atoms with E-state index in [1.165, 1.54) is 12.1 Å². The highest BCUT2D eigenvalue weighted by atomic mass is 35.5. The van der Waals surface area contributed by atoms with E-state index in [1.807, 2.05) is 38.1 Å². The monoisotopic (exact) mass is 420 g/mol. The fourth-order valence-corrected chi connectivity index (χ4v) is 3.26. The zero-order valence-electron chi connectivity index (χ0n) is 16.4. The van der Waals surface area contributed by atoms with E-state index in [2.05, 4.69) is 15.4 Å². The molecule has 0 bridgehead atoms. The maximum absolute atomic E-state index is 13.4. The van der Waals surface area contributed by atoms with Crippen molar-refractivity contribution < 1.29 is 9.18 Å². The Labute approximate surface area is 178 Å². The largest absolute Gasteiger partial charge is 0.319 e. The van der Waals surface area contributed by atoms with Crippen molar-refractivity contribution in [1.82, 2.24) is 14.8 Å². The van der Waals surface area contributed by atoms with E-state index in [9.17, 15) is 9.18 Å². The molecule has 0 unspecified atom stereocenters. The van der Waals surface area contributed by atoms with Crippen LogP contribution in [0, 0.1) is 19.7 Å². The Hall–Kier alpha value is -3.51. The molecule has 0 saturated heterocycles. The first-order valence-corrected chi connectivity index (χ1v) is 9.67. The van der Waals surface area contributed by atoms with Crippen LogP contribution in [0.5, 0.6) is 0 Å². The van der Waals surface area contributed by atoms with Gasteiger partial charge >= 0.3 is 0 Å². The van der Waals surface area contributed by atoms with E-state index in [0.29, 0.717) is 22.1 Å². The van der Waals surface area contributed by atoms with Gasteiger partial charge in [-0.1, -0.05) is 35.9 Å². The lowest BCUT2D eigenvalue weighted by Crippen LogP contribution is -2.15. The van der Waals surface area contributed by atoms with Gasteiger partial charge in [-0.2, -0.15) is 0 Å². The number of aryl methyl sites for hydroxylation is 1. The SMILES string of the molecule is Cc1ccccc1-n1nc(C(=O)Nc2cccc(Cl)c2C)nc1-c1ccc(F)cc1. The van der Waals surface area contributed by atoms with Crippen molar-refractivity contribution in [3.8, 4) is 17.1 Å². The number of nitrogens with zero attached hydrogens (tertiary/aromatic N) is 3. The summed E-state index contributed by atoms with van der Waals surface area (Å²) in [6.45, 7) is 3.77. The summed E-state index contributed by atoms with van der Waals surface area (Å²) in [5.41, 5.74) is 3.73. The normalized spacial score (nSPS) is 10.8. The van der Waals surface area contributed by atoms with E-state index in [4.69, 9.17) is 11.6 Å². The van der Waals surface area contributed by atoms with E-state index < -0.39 is 5.91 Å². The zero-order valence-corrected chi connectivity index (χ0v) is 17.1. The Balaban J connectivity index is 1.79. The molecule has 7 heteroatoms. The van der Waals surface area contributed by atoms with Gasteiger partial charge in [0.1, 0.15) is 5.82 Å². The Morgan fingerprint density at radius 1 is 1.00 bits per heavy atom. The molecule has 0 spiro atoms. The molecule has 0 radical (unpaired) electrons. The number of hydrogen-bond acceptors (Lipinski definition) is 3. The number of anilines is 1. The minimum absolute atomic E-state index is 0.00282. The number of aromatic nitrogens is 3. The van der Waals surface area contributed by atoms with Gasteiger partial charge in [0.05, 0.1) is 5.69 Å². The Morgan fingerprint density at radius 2 is 1.73 bits per heavy atom.